The number of amides is 1. The molecule has 0 bridgehead atoms. The van der Waals surface area contributed by atoms with Crippen molar-refractivity contribution in [3.8, 4) is 11.6 Å². The van der Waals surface area contributed by atoms with Gasteiger partial charge in [-0.3, -0.25) is 9.59 Å². The van der Waals surface area contributed by atoms with Crippen molar-refractivity contribution in [3.05, 3.63) is 87.2 Å². The number of aryl methyl sites for hydroxylation is 3. The van der Waals surface area contributed by atoms with E-state index in [9.17, 15) is 9.59 Å². The molecule has 1 heterocycles. The maximum Gasteiger partial charge on any atom is 0.271 e. The minimum absolute atomic E-state index is 0.209. The van der Waals surface area contributed by atoms with Crippen molar-refractivity contribution in [3.63, 3.8) is 0 Å². The molecule has 6 nitrogen and oxygen atoms in total. The van der Waals surface area contributed by atoms with Crippen LogP contribution in [0.5, 0.6) is 5.88 Å². The van der Waals surface area contributed by atoms with Gasteiger partial charge in [-0.1, -0.05) is 35.9 Å². The highest BCUT2D eigenvalue weighted by Crippen LogP contribution is 2.14. The van der Waals surface area contributed by atoms with Crippen molar-refractivity contribution < 1.29 is 9.53 Å². The highest BCUT2D eigenvalue weighted by molar-refractivity contribution is 5.80. The molecule has 1 atom stereocenters. The average Bonchev–Trinajstić information content (AvgIpc) is 2.71. The molecule has 1 unspecified atom stereocenters. The van der Waals surface area contributed by atoms with Crippen LogP contribution < -0.4 is 15.6 Å². The maximum atomic E-state index is 12.4. The summed E-state index contributed by atoms with van der Waals surface area (Å²) in [7, 11) is 0. The Morgan fingerprint density at radius 1 is 1.03 bits per heavy atom. The fourth-order valence-electron chi connectivity index (χ4n) is 2.77. The van der Waals surface area contributed by atoms with Gasteiger partial charge in [-0.2, -0.15) is 4.68 Å². The predicted octanol–water partition coefficient (Wildman–Crippen LogP) is 3.24. The van der Waals surface area contributed by atoms with E-state index in [4.69, 9.17) is 4.74 Å². The number of hydrogen-bond donors (Lipinski definition) is 1. The van der Waals surface area contributed by atoms with E-state index in [1.807, 2.05) is 63.2 Å². The third kappa shape index (κ3) is 5.10. The van der Waals surface area contributed by atoms with Crippen molar-refractivity contribution in [2.24, 2.45) is 0 Å². The Balaban J connectivity index is 1.69. The molecule has 0 spiro atoms. The third-order valence-electron chi connectivity index (χ3n) is 4.76. The number of rotatable bonds is 6. The average molecular weight is 391 g/mol. The van der Waals surface area contributed by atoms with Crippen molar-refractivity contribution in [2.75, 3.05) is 0 Å². The number of nitrogens with one attached hydrogen (secondary N) is 1. The van der Waals surface area contributed by atoms with E-state index in [1.54, 1.807) is 6.92 Å². The van der Waals surface area contributed by atoms with Gasteiger partial charge in [0.1, 0.15) is 0 Å². The quantitative estimate of drug-likeness (QED) is 0.700. The van der Waals surface area contributed by atoms with Crippen LogP contribution in [0.3, 0.4) is 0 Å². The number of nitrogens with zero attached hydrogens (tertiary/aromatic N) is 2. The van der Waals surface area contributed by atoms with Gasteiger partial charge in [0, 0.05) is 18.7 Å². The summed E-state index contributed by atoms with van der Waals surface area (Å²) >= 11 is 0. The lowest BCUT2D eigenvalue weighted by Crippen LogP contribution is -2.36. The van der Waals surface area contributed by atoms with Gasteiger partial charge in [0.25, 0.3) is 11.5 Å². The molecule has 1 amide bonds. The number of benzene rings is 2. The van der Waals surface area contributed by atoms with Crippen molar-refractivity contribution >= 4 is 5.91 Å². The fourth-order valence-corrected chi connectivity index (χ4v) is 2.77. The number of carbonyl (C=O) groups excluding carboxylic acids is 1. The van der Waals surface area contributed by atoms with Crippen LogP contribution in [0.4, 0.5) is 0 Å². The summed E-state index contributed by atoms with van der Waals surface area (Å²) in [5, 5.41) is 7.12. The Kier molecular flexibility index (Phi) is 6.12. The first kappa shape index (κ1) is 20.3. The number of aromatic nitrogens is 2. The zero-order valence-corrected chi connectivity index (χ0v) is 17.1. The van der Waals surface area contributed by atoms with Crippen molar-refractivity contribution in [1.82, 2.24) is 15.1 Å². The first-order valence-corrected chi connectivity index (χ1v) is 9.51. The highest BCUT2D eigenvalue weighted by Gasteiger charge is 2.16. The first-order valence-electron chi connectivity index (χ1n) is 9.51. The molecule has 6 heteroatoms. The molecule has 0 aliphatic rings. The molecule has 29 heavy (non-hydrogen) atoms. The first-order chi connectivity index (χ1) is 13.8. The smallest absolute Gasteiger partial charge is 0.271 e. The van der Waals surface area contributed by atoms with E-state index in [-0.39, 0.29) is 17.3 Å². The molecule has 0 radical (unpaired) electrons. The normalized spacial score (nSPS) is 11.7. The minimum atomic E-state index is -0.751. The summed E-state index contributed by atoms with van der Waals surface area (Å²) in [6.07, 6.45) is -0.751. The Hall–Kier alpha value is -3.41. The lowest BCUT2D eigenvalue weighted by atomic mass is 10.1. The Morgan fingerprint density at radius 2 is 1.76 bits per heavy atom. The second-order valence-corrected chi connectivity index (χ2v) is 7.15. The minimum Gasteiger partial charge on any atom is -0.464 e. The number of carbonyl (C=O) groups is 1. The van der Waals surface area contributed by atoms with Crippen LogP contribution in [0.2, 0.25) is 0 Å². The van der Waals surface area contributed by atoms with Crippen molar-refractivity contribution in [2.45, 2.75) is 40.3 Å². The summed E-state index contributed by atoms with van der Waals surface area (Å²) in [4.78, 5) is 24.6. The molecule has 0 aliphatic heterocycles. The number of hydrogen-bond acceptors (Lipinski definition) is 4. The van der Waals surface area contributed by atoms with Gasteiger partial charge in [0.2, 0.25) is 5.88 Å². The molecule has 0 saturated carbocycles. The summed E-state index contributed by atoms with van der Waals surface area (Å²) in [6.45, 7) is 8.07. The molecule has 2 aromatic carbocycles. The van der Waals surface area contributed by atoms with E-state index in [2.05, 4.69) is 10.4 Å². The molecule has 0 fully saturated rings. The Bertz CT molecular complexity index is 1070. The predicted molar refractivity (Wildman–Crippen MR) is 112 cm³/mol. The zero-order chi connectivity index (χ0) is 21.0. The maximum absolute atomic E-state index is 12.4. The van der Waals surface area contributed by atoms with Crippen LogP contribution in [0.1, 0.15) is 29.2 Å². The number of ether oxygens (including phenoxy) is 1. The van der Waals surface area contributed by atoms with E-state index >= 15 is 0 Å². The SMILES string of the molecule is Cc1ccc(CNC(=O)C(C)Oc2ccc(=O)n(-c3ccc(C)c(C)c3)n2)cc1. The van der Waals surface area contributed by atoms with Crippen LogP contribution in [0.25, 0.3) is 5.69 Å². The van der Waals surface area contributed by atoms with Crippen LogP contribution in [-0.4, -0.2) is 21.8 Å². The summed E-state index contributed by atoms with van der Waals surface area (Å²) in [5.74, 6) is -0.0443. The Morgan fingerprint density at radius 3 is 2.45 bits per heavy atom. The topological polar surface area (TPSA) is 73.2 Å². The molecule has 0 aliphatic carbocycles. The van der Waals surface area contributed by atoms with Gasteiger partial charge >= 0.3 is 0 Å². The lowest BCUT2D eigenvalue weighted by Gasteiger charge is -2.15. The standard InChI is InChI=1S/C23H25N3O3/c1-15-5-8-19(9-6-15)14-24-23(28)18(4)29-21-11-12-22(27)26(25-21)20-10-7-16(2)17(3)13-20/h5-13,18H,14H2,1-4H3,(H,24,28). The van der Waals surface area contributed by atoms with E-state index in [0.29, 0.717) is 12.2 Å². The zero-order valence-electron chi connectivity index (χ0n) is 17.1. The second-order valence-electron chi connectivity index (χ2n) is 7.15. The van der Waals surface area contributed by atoms with Crippen LogP contribution in [-0.2, 0) is 11.3 Å². The van der Waals surface area contributed by atoms with Gasteiger partial charge in [0.05, 0.1) is 5.69 Å². The monoisotopic (exact) mass is 391 g/mol. The second kappa shape index (κ2) is 8.73. The molecular weight excluding hydrogens is 366 g/mol. The Labute approximate surface area is 170 Å². The lowest BCUT2D eigenvalue weighted by molar-refractivity contribution is -0.127. The van der Waals surface area contributed by atoms with E-state index in [0.717, 1.165) is 16.7 Å². The third-order valence-corrected chi connectivity index (χ3v) is 4.76. The van der Waals surface area contributed by atoms with E-state index in [1.165, 1.54) is 22.4 Å². The molecule has 3 rings (SSSR count). The molecule has 1 N–H and O–H groups in total. The van der Waals surface area contributed by atoms with E-state index < -0.39 is 6.10 Å². The van der Waals surface area contributed by atoms with Gasteiger partial charge in [-0.15, -0.1) is 5.10 Å². The largest absolute Gasteiger partial charge is 0.464 e. The fraction of sp³-hybridized carbons (Fsp3) is 0.261. The summed E-state index contributed by atoms with van der Waals surface area (Å²) < 4.78 is 6.95. The molecule has 1 aromatic heterocycles. The van der Waals surface area contributed by atoms with Gasteiger partial charge < -0.3 is 10.1 Å². The molecule has 150 valence electrons. The molecule has 3 aromatic rings. The van der Waals surface area contributed by atoms with Gasteiger partial charge in [-0.25, -0.2) is 0 Å². The van der Waals surface area contributed by atoms with Gasteiger partial charge in [0.15, 0.2) is 6.10 Å². The van der Waals surface area contributed by atoms with Crippen molar-refractivity contribution in [1.29, 1.82) is 0 Å². The molecule has 0 saturated heterocycles. The van der Waals surface area contributed by atoms with Gasteiger partial charge in [-0.05, 0) is 56.5 Å². The molecular formula is C23H25N3O3. The summed E-state index contributed by atoms with van der Waals surface area (Å²) in [5.41, 5.74) is 4.76. The van der Waals surface area contributed by atoms with Crippen LogP contribution >= 0.6 is 0 Å². The summed E-state index contributed by atoms with van der Waals surface area (Å²) in [6, 6.07) is 16.5. The van der Waals surface area contributed by atoms with Crippen LogP contribution in [0, 0.1) is 20.8 Å². The van der Waals surface area contributed by atoms with Crippen LogP contribution in [0.15, 0.2) is 59.4 Å². The highest BCUT2D eigenvalue weighted by atomic mass is 16.5.